The van der Waals surface area contributed by atoms with Gasteiger partial charge in [-0.05, 0) is 50.6 Å². The molecule has 0 amide bonds. The van der Waals surface area contributed by atoms with E-state index >= 15 is 0 Å². The third-order valence-corrected chi connectivity index (χ3v) is 3.03. The minimum Gasteiger partial charge on any atom is -0.317 e. The number of nitrogens with one attached hydrogen (secondary N) is 1. The zero-order chi connectivity index (χ0) is 11.4. The fourth-order valence-electron chi connectivity index (χ4n) is 1.81. The van der Waals surface area contributed by atoms with Crippen LogP contribution in [0.2, 0.25) is 0 Å². The molecule has 0 radical (unpaired) electrons. The number of aryl methyl sites for hydroxylation is 1. The smallest absolute Gasteiger partial charge is 0.0702 e. The molecule has 0 spiro atoms. The Morgan fingerprint density at radius 1 is 1.31 bits per heavy atom. The van der Waals surface area contributed by atoms with Gasteiger partial charge in [0.05, 0.1) is 5.52 Å². The van der Waals surface area contributed by atoms with E-state index in [0.717, 1.165) is 11.9 Å². The summed E-state index contributed by atoms with van der Waals surface area (Å²) in [6, 6.07) is 11.2. The van der Waals surface area contributed by atoms with Gasteiger partial charge in [-0.2, -0.15) is 0 Å². The van der Waals surface area contributed by atoms with Gasteiger partial charge < -0.3 is 5.32 Å². The first-order valence-electron chi connectivity index (χ1n) is 5.80. The lowest BCUT2D eigenvalue weighted by atomic mass is 10.0. The third kappa shape index (κ3) is 2.58. The summed E-state index contributed by atoms with van der Waals surface area (Å²) in [5.41, 5.74) is 2.47. The number of rotatable bonds is 4. The first-order valence-corrected chi connectivity index (χ1v) is 5.80. The average molecular weight is 214 g/mol. The molecule has 1 unspecified atom stereocenters. The molecule has 16 heavy (non-hydrogen) atoms. The molecule has 2 nitrogen and oxygen atoms in total. The van der Waals surface area contributed by atoms with Crippen molar-refractivity contribution in [3.63, 3.8) is 0 Å². The second-order valence-corrected chi connectivity index (χ2v) is 4.26. The number of benzene rings is 1. The summed E-state index contributed by atoms with van der Waals surface area (Å²) in [5.74, 6) is 0. The fraction of sp³-hybridized carbons (Fsp3) is 0.357. The molecule has 1 aromatic heterocycles. The quantitative estimate of drug-likeness (QED) is 0.846. The van der Waals surface area contributed by atoms with Crippen LogP contribution in [-0.2, 0) is 6.42 Å². The zero-order valence-electron chi connectivity index (χ0n) is 9.90. The Hall–Kier alpha value is -1.41. The molecule has 0 aliphatic heterocycles. The van der Waals surface area contributed by atoms with Gasteiger partial charge in [-0.1, -0.05) is 12.1 Å². The Balaban J connectivity index is 2.13. The summed E-state index contributed by atoms with van der Waals surface area (Å²) in [6.45, 7) is 2.21. The Kier molecular flexibility index (Phi) is 3.52. The number of hydrogen-bond acceptors (Lipinski definition) is 2. The Bertz CT molecular complexity index is 465. The van der Waals surface area contributed by atoms with Crippen LogP contribution in [0.15, 0.2) is 36.5 Å². The van der Waals surface area contributed by atoms with Gasteiger partial charge in [0.1, 0.15) is 0 Å². The molecule has 1 N–H and O–H groups in total. The number of pyridine rings is 1. The molecule has 0 saturated heterocycles. The van der Waals surface area contributed by atoms with Crippen LogP contribution in [0.1, 0.15) is 18.9 Å². The van der Waals surface area contributed by atoms with E-state index in [1.54, 1.807) is 0 Å². The maximum Gasteiger partial charge on any atom is 0.0702 e. The summed E-state index contributed by atoms with van der Waals surface area (Å²) >= 11 is 0. The normalized spacial score (nSPS) is 12.9. The fourth-order valence-corrected chi connectivity index (χ4v) is 1.81. The molecule has 1 aromatic carbocycles. The summed E-state index contributed by atoms with van der Waals surface area (Å²) in [4.78, 5) is 4.32. The summed E-state index contributed by atoms with van der Waals surface area (Å²) in [6.07, 6.45) is 4.13. The van der Waals surface area contributed by atoms with E-state index in [-0.39, 0.29) is 0 Å². The molecule has 0 aliphatic carbocycles. The topological polar surface area (TPSA) is 24.9 Å². The maximum atomic E-state index is 4.32. The van der Waals surface area contributed by atoms with Crippen molar-refractivity contribution >= 4 is 10.9 Å². The van der Waals surface area contributed by atoms with Crippen molar-refractivity contribution in [3.05, 3.63) is 42.1 Å². The molecule has 1 atom stereocenters. The van der Waals surface area contributed by atoms with Gasteiger partial charge in [-0.3, -0.25) is 4.98 Å². The first kappa shape index (κ1) is 11.1. The Morgan fingerprint density at radius 3 is 3.00 bits per heavy atom. The molecule has 0 aliphatic rings. The average Bonchev–Trinajstić information content (AvgIpc) is 2.35. The van der Waals surface area contributed by atoms with Crippen molar-refractivity contribution in [1.82, 2.24) is 10.3 Å². The number of nitrogens with zero attached hydrogens (tertiary/aromatic N) is 1. The summed E-state index contributed by atoms with van der Waals surface area (Å²) < 4.78 is 0. The van der Waals surface area contributed by atoms with Gasteiger partial charge >= 0.3 is 0 Å². The van der Waals surface area contributed by atoms with Crippen LogP contribution in [-0.4, -0.2) is 18.1 Å². The summed E-state index contributed by atoms with van der Waals surface area (Å²) in [5, 5.41) is 4.49. The molecule has 2 aromatic rings. The van der Waals surface area contributed by atoms with Crippen molar-refractivity contribution in [2.24, 2.45) is 0 Å². The Morgan fingerprint density at radius 2 is 2.19 bits per heavy atom. The lowest BCUT2D eigenvalue weighted by Crippen LogP contribution is -2.21. The van der Waals surface area contributed by atoms with E-state index in [1.807, 2.05) is 19.3 Å². The molecule has 0 saturated carbocycles. The highest BCUT2D eigenvalue weighted by molar-refractivity contribution is 5.78. The van der Waals surface area contributed by atoms with Crippen molar-refractivity contribution in [2.45, 2.75) is 25.8 Å². The van der Waals surface area contributed by atoms with E-state index in [0.29, 0.717) is 6.04 Å². The molecule has 2 rings (SSSR count). The molecular weight excluding hydrogens is 196 g/mol. The SMILES string of the molecule is CNC(C)CCc1ccc2ncccc2c1. The predicted octanol–water partition coefficient (Wildman–Crippen LogP) is 2.78. The van der Waals surface area contributed by atoms with Crippen LogP contribution in [0.25, 0.3) is 10.9 Å². The summed E-state index contributed by atoms with van der Waals surface area (Å²) in [7, 11) is 2.01. The van der Waals surface area contributed by atoms with E-state index in [2.05, 4.69) is 41.5 Å². The lowest BCUT2D eigenvalue weighted by Gasteiger charge is -2.09. The van der Waals surface area contributed by atoms with Gasteiger partial charge in [0.15, 0.2) is 0 Å². The minimum absolute atomic E-state index is 0.574. The van der Waals surface area contributed by atoms with Crippen LogP contribution in [0, 0.1) is 0 Å². The second kappa shape index (κ2) is 5.08. The highest BCUT2D eigenvalue weighted by Gasteiger charge is 2.00. The van der Waals surface area contributed by atoms with E-state index < -0.39 is 0 Å². The van der Waals surface area contributed by atoms with E-state index in [9.17, 15) is 0 Å². The minimum atomic E-state index is 0.574. The highest BCUT2D eigenvalue weighted by Crippen LogP contribution is 2.14. The zero-order valence-corrected chi connectivity index (χ0v) is 9.90. The molecular formula is C14H18N2. The van der Waals surface area contributed by atoms with Gasteiger partial charge in [-0.15, -0.1) is 0 Å². The van der Waals surface area contributed by atoms with Crippen LogP contribution < -0.4 is 5.32 Å². The van der Waals surface area contributed by atoms with Gasteiger partial charge in [0.2, 0.25) is 0 Å². The van der Waals surface area contributed by atoms with Crippen molar-refractivity contribution in [1.29, 1.82) is 0 Å². The first-order chi connectivity index (χ1) is 7.79. The second-order valence-electron chi connectivity index (χ2n) is 4.26. The monoisotopic (exact) mass is 214 g/mol. The van der Waals surface area contributed by atoms with Crippen LogP contribution >= 0.6 is 0 Å². The largest absolute Gasteiger partial charge is 0.317 e. The van der Waals surface area contributed by atoms with Crippen molar-refractivity contribution < 1.29 is 0 Å². The molecule has 1 heterocycles. The third-order valence-electron chi connectivity index (χ3n) is 3.03. The van der Waals surface area contributed by atoms with Crippen LogP contribution in [0.4, 0.5) is 0 Å². The van der Waals surface area contributed by atoms with Crippen LogP contribution in [0.5, 0.6) is 0 Å². The van der Waals surface area contributed by atoms with E-state index in [1.165, 1.54) is 17.4 Å². The molecule has 0 bridgehead atoms. The van der Waals surface area contributed by atoms with Crippen LogP contribution in [0.3, 0.4) is 0 Å². The van der Waals surface area contributed by atoms with Crippen molar-refractivity contribution in [3.8, 4) is 0 Å². The Labute approximate surface area is 96.7 Å². The standard InChI is InChI=1S/C14H18N2/c1-11(15-2)5-6-12-7-8-14-13(10-12)4-3-9-16-14/h3-4,7-11,15H,5-6H2,1-2H3. The highest BCUT2D eigenvalue weighted by atomic mass is 14.8. The van der Waals surface area contributed by atoms with Gasteiger partial charge in [0.25, 0.3) is 0 Å². The number of aromatic nitrogens is 1. The lowest BCUT2D eigenvalue weighted by molar-refractivity contribution is 0.565. The predicted molar refractivity (Wildman–Crippen MR) is 68.6 cm³/mol. The molecule has 0 fully saturated rings. The molecule has 84 valence electrons. The van der Waals surface area contributed by atoms with Gasteiger partial charge in [-0.25, -0.2) is 0 Å². The van der Waals surface area contributed by atoms with Gasteiger partial charge in [0, 0.05) is 17.6 Å². The number of hydrogen-bond donors (Lipinski definition) is 1. The van der Waals surface area contributed by atoms with Crippen molar-refractivity contribution in [2.75, 3.05) is 7.05 Å². The number of fused-ring (bicyclic) bond motifs is 1. The van der Waals surface area contributed by atoms with E-state index in [4.69, 9.17) is 0 Å². The maximum absolute atomic E-state index is 4.32. The molecule has 2 heteroatoms.